The van der Waals surface area contributed by atoms with E-state index >= 15 is 0 Å². The monoisotopic (exact) mass is 611 g/mol. The number of carbonyl (C=O) groups is 2. The summed E-state index contributed by atoms with van der Waals surface area (Å²) < 4.78 is 28.4. The lowest BCUT2D eigenvalue weighted by Crippen LogP contribution is -2.54. The number of benzene rings is 4. The van der Waals surface area contributed by atoms with Gasteiger partial charge in [0.1, 0.15) is 6.04 Å². The minimum Gasteiger partial charge on any atom is -0.352 e. The molecule has 1 atom stereocenters. The van der Waals surface area contributed by atoms with Crippen molar-refractivity contribution in [1.29, 1.82) is 0 Å². The van der Waals surface area contributed by atoms with Crippen LogP contribution in [-0.2, 0) is 32.6 Å². The highest BCUT2D eigenvalue weighted by molar-refractivity contribution is 7.89. The van der Waals surface area contributed by atoms with Crippen LogP contribution in [0.25, 0.3) is 10.8 Å². The largest absolute Gasteiger partial charge is 0.352 e. The van der Waals surface area contributed by atoms with Crippen LogP contribution in [0.1, 0.15) is 48.8 Å². The van der Waals surface area contributed by atoms with Crippen LogP contribution in [0.15, 0.2) is 102 Å². The number of fused-ring (bicyclic) bond motifs is 1. The fraction of sp³-hybridized carbons (Fsp3) is 0.333. The quantitative estimate of drug-likeness (QED) is 0.230. The first-order valence-corrected chi connectivity index (χ1v) is 16.8. The number of carbonyl (C=O) groups excluding carboxylic acids is 2. The topological polar surface area (TPSA) is 86.8 Å². The van der Waals surface area contributed by atoms with E-state index in [0.717, 1.165) is 63.9 Å². The zero-order chi connectivity index (χ0) is 31.1. The van der Waals surface area contributed by atoms with Crippen LogP contribution in [0.3, 0.4) is 0 Å². The normalized spacial score (nSPS) is 14.8. The minimum atomic E-state index is -3.98. The maximum Gasteiger partial charge on any atom is 0.243 e. The van der Waals surface area contributed by atoms with Gasteiger partial charge in [-0.2, -0.15) is 4.31 Å². The Labute approximate surface area is 260 Å². The molecule has 1 fully saturated rings. The molecule has 1 N–H and O–H groups in total. The highest BCUT2D eigenvalue weighted by Crippen LogP contribution is 2.23. The molecular formula is C36H41N3O4S. The van der Waals surface area contributed by atoms with Gasteiger partial charge in [-0.15, -0.1) is 0 Å². The fourth-order valence-electron chi connectivity index (χ4n) is 5.86. The Morgan fingerprint density at radius 2 is 1.48 bits per heavy atom. The Bertz CT molecular complexity index is 1680. The van der Waals surface area contributed by atoms with Crippen LogP contribution in [0.2, 0.25) is 0 Å². The number of sulfonamides is 1. The SMILES string of the molecule is Cc1ccc(CN(C(=O)CN(C)S(=O)(=O)c2ccc3ccccc3c2)C(Cc2ccccc2)C(=O)NC2CCCCC2)cc1. The van der Waals surface area contributed by atoms with E-state index < -0.39 is 28.5 Å². The van der Waals surface area contributed by atoms with Gasteiger partial charge in [-0.3, -0.25) is 9.59 Å². The molecule has 5 rings (SSSR count). The summed E-state index contributed by atoms with van der Waals surface area (Å²) in [5.74, 6) is -0.640. The second kappa shape index (κ2) is 14.2. The Kier molecular flexibility index (Phi) is 10.1. The molecule has 0 bridgehead atoms. The Morgan fingerprint density at radius 1 is 0.818 bits per heavy atom. The summed E-state index contributed by atoms with van der Waals surface area (Å²) in [4.78, 5) is 29.9. The van der Waals surface area contributed by atoms with Gasteiger partial charge in [0.05, 0.1) is 11.4 Å². The second-order valence-corrected chi connectivity index (χ2v) is 13.9. The maximum atomic E-state index is 14.2. The third-order valence-corrected chi connectivity index (χ3v) is 10.3. The number of aryl methyl sites for hydroxylation is 1. The molecule has 0 aromatic heterocycles. The van der Waals surface area contributed by atoms with Crippen LogP contribution in [0.5, 0.6) is 0 Å². The standard InChI is InChI=1S/C36H41N3O4S/c1-27-17-19-29(20-18-27)25-39(34(23-28-11-5-3-6-12-28)36(41)37-32-15-7-4-8-16-32)35(40)26-38(2)44(42,43)33-22-21-30-13-9-10-14-31(30)24-33/h3,5-6,9-14,17-22,24,32,34H,4,7-8,15-16,23,25-26H2,1-2H3,(H,37,41). The van der Waals surface area contributed by atoms with E-state index in [9.17, 15) is 18.0 Å². The van der Waals surface area contributed by atoms with Crippen LogP contribution in [0, 0.1) is 6.92 Å². The van der Waals surface area contributed by atoms with E-state index in [2.05, 4.69) is 5.32 Å². The van der Waals surface area contributed by atoms with Crippen LogP contribution >= 0.6 is 0 Å². The lowest BCUT2D eigenvalue weighted by molar-refractivity contribution is -0.141. The molecular weight excluding hydrogens is 570 g/mol. The molecule has 7 nitrogen and oxygen atoms in total. The molecule has 0 saturated heterocycles. The van der Waals surface area contributed by atoms with Crippen molar-refractivity contribution in [2.24, 2.45) is 0 Å². The van der Waals surface area contributed by atoms with E-state index in [0.29, 0.717) is 6.42 Å². The summed E-state index contributed by atoms with van der Waals surface area (Å²) in [5, 5.41) is 4.97. The average Bonchev–Trinajstić information content (AvgIpc) is 3.04. The predicted octanol–water partition coefficient (Wildman–Crippen LogP) is 5.86. The molecule has 8 heteroatoms. The van der Waals surface area contributed by atoms with E-state index in [1.54, 1.807) is 23.1 Å². The van der Waals surface area contributed by atoms with Gasteiger partial charge in [0, 0.05) is 26.1 Å². The summed E-state index contributed by atoms with van der Waals surface area (Å²) in [5.41, 5.74) is 2.88. The molecule has 4 aromatic carbocycles. The molecule has 0 heterocycles. The smallest absolute Gasteiger partial charge is 0.243 e. The van der Waals surface area contributed by atoms with E-state index in [-0.39, 0.29) is 23.4 Å². The van der Waals surface area contributed by atoms with Crippen molar-refractivity contribution in [3.63, 3.8) is 0 Å². The Morgan fingerprint density at radius 3 is 2.18 bits per heavy atom. The van der Waals surface area contributed by atoms with E-state index in [1.807, 2.05) is 85.8 Å². The molecule has 4 aromatic rings. The second-order valence-electron chi connectivity index (χ2n) is 11.8. The predicted molar refractivity (Wildman–Crippen MR) is 174 cm³/mol. The van der Waals surface area contributed by atoms with Crippen molar-refractivity contribution in [3.8, 4) is 0 Å². The van der Waals surface area contributed by atoms with Gasteiger partial charge in [-0.25, -0.2) is 8.42 Å². The van der Waals surface area contributed by atoms with Crippen molar-refractivity contribution in [1.82, 2.24) is 14.5 Å². The Balaban J connectivity index is 1.45. The summed E-state index contributed by atoms with van der Waals surface area (Å²) in [7, 11) is -2.56. The molecule has 0 spiro atoms. The van der Waals surface area contributed by atoms with Crippen LogP contribution in [0.4, 0.5) is 0 Å². The summed E-state index contributed by atoms with van der Waals surface area (Å²) in [6, 6.07) is 29.3. The molecule has 0 aliphatic heterocycles. The van der Waals surface area contributed by atoms with E-state index in [1.165, 1.54) is 7.05 Å². The van der Waals surface area contributed by atoms with Crippen molar-refractivity contribution in [2.75, 3.05) is 13.6 Å². The minimum absolute atomic E-state index is 0.0711. The molecule has 1 unspecified atom stereocenters. The van der Waals surface area contributed by atoms with Crippen molar-refractivity contribution in [2.45, 2.75) is 69.0 Å². The van der Waals surface area contributed by atoms with Gasteiger partial charge in [0.2, 0.25) is 21.8 Å². The fourth-order valence-corrected chi connectivity index (χ4v) is 7.02. The number of nitrogens with one attached hydrogen (secondary N) is 1. The van der Waals surface area contributed by atoms with Gasteiger partial charge in [-0.1, -0.05) is 110 Å². The number of hydrogen-bond donors (Lipinski definition) is 1. The molecule has 1 aliphatic rings. The number of hydrogen-bond acceptors (Lipinski definition) is 4. The first kappa shape index (κ1) is 31.4. The summed E-state index contributed by atoms with van der Waals surface area (Å²) >= 11 is 0. The molecule has 230 valence electrons. The highest BCUT2D eigenvalue weighted by atomic mass is 32.2. The van der Waals surface area contributed by atoms with Crippen molar-refractivity contribution in [3.05, 3.63) is 114 Å². The van der Waals surface area contributed by atoms with E-state index in [4.69, 9.17) is 0 Å². The lowest BCUT2D eigenvalue weighted by Gasteiger charge is -2.34. The first-order valence-electron chi connectivity index (χ1n) is 15.3. The number of nitrogens with zero attached hydrogens (tertiary/aromatic N) is 2. The van der Waals surface area contributed by atoms with Gasteiger partial charge in [0.25, 0.3) is 0 Å². The van der Waals surface area contributed by atoms with Gasteiger partial charge >= 0.3 is 0 Å². The van der Waals surface area contributed by atoms with Crippen LogP contribution in [-0.4, -0.2) is 55.1 Å². The zero-order valence-electron chi connectivity index (χ0n) is 25.5. The molecule has 44 heavy (non-hydrogen) atoms. The van der Waals surface area contributed by atoms with Gasteiger partial charge in [-0.05, 0) is 53.8 Å². The summed E-state index contributed by atoms with van der Waals surface area (Å²) in [6.07, 6.45) is 5.45. The number of likely N-dealkylation sites (N-methyl/N-ethyl adjacent to an activating group) is 1. The lowest BCUT2D eigenvalue weighted by atomic mass is 9.94. The van der Waals surface area contributed by atoms with Crippen molar-refractivity contribution < 1.29 is 18.0 Å². The zero-order valence-corrected chi connectivity index (χ0v) is 26.3. The first-order chi connectivity index (χ1) is 21.2. The number of rotatable bonds is 11. The Hall–Kier alpha value is -4.01. The van der Waals surface area contributed by atoms with Crippen molar-refractivity contribution >= 4 is 32.6 Å². The third-order valence-electron chi connectivity index (χ3n) is 8.48. The maximum absolute atomic E-state index is 14.2. The average molecular weight is 612 g/mol. The molecule has 0 radical (unpaired) electrons. The van der Waals surface area contributed by atoms with Gasteiger partial charge < -0.3 is 10.2 Å². The van der Waals surface area contributed by atoms with Gasteiger partial charge in [0.15, 0.2) is 0 Å². The third kappa shape index (κ3) is 7.73. The number of amides is 2. The highest BCUT2D eigenvalue weighted by Gasteiger charge is 2.34. The summed E-state index contributed by atoms with van der Waals surface area (Å²) in [6.45, 7) is 1.77. The molecule has 2 amide bonds. The molecule has 1 aliphatic carbocycles. The molecule has 1 saturated carbocycles. The van der Waals surface area contributed by atoms with Crippen LogP contribution < -0.4 is 5.32 Å².